The summed E-state index contributed by atoms with van der Waals surface area (Å²) in [4.78, 5) is 12.9. The number of rotatable bonds is 5. The lowest BCUT2D eigenvalue weighted by molar-refractivity contribution is 0.0939. The number of carbonyl (C=O) groups excluding carboxylic acids is 1. The number of nitrogens with zero attached hydrogens (tertiary/aromatic N) is 1. The van der Waals surface area contributed by atoms with Crippen LogP contribution in [0.2, 0.25) is 0 Å². The second-order valence-corrected chi connectivity index (χ2v) is 10.6. The van der Waals surface area contributed by atoms with Crippen LogP contribution in [0.1, 0.15) is 48.1 Å². The quantitative estimate of drug-likeness (QED) is 0.370. The van der Waals surface area contributed by atoms with Crippen molar-refractivity contribution in [3.05, 3.63) is 81.2 Å². The van der Waals surface area contributed by atoms with Crippen molar-refractivity contribution in [2.45, 2.75) is 39.3 Å². The lowest BCUT2D eigenvalue weighted by atomic mass is 9.87. The maximum Gasteiger partial charge on any atom is 0.268 e. The Morgan fingerprint density at radius 2 is 1.93 bits per heavy atom. The molecular formula is C23H23BrN2O2S. The molecule has 29 heavy (non-hydrogen) atoms. The third-order valence-corrected chi connectivity index (χ3v) is 6.53. The molecule has 0 aliphatic carbocycles. The average molecular weight is 471 g/mol. The molecule has 0 fully saturated rings. The summed E-state index contributed by atoms with van der Waals surface area (Å²) in [6.07, 6.45) is 1.61. The summed E-state index contributed by atoms with van der Waals surface area (Å²) >= 11 is 5.20. The molecule has 0 spiro atoms. The van der Waals surface area contributed by atoms with Gasteiger partial charge in [-0.05, 0) is 56.7 Å². The van der Waals surface area contributed by atoms with E-state index in [9.17, 15) is 4.79 Å². The minimum Gasteiger partial charge on any atom is -0.467 e. The average Bonchev–Trinajstić information content (AvgIpc) is 3.37. The predicted octanol–water partition coefficient (Wildman–Crippen LogP) is 6.33. The third kappa shape index (κ3) is 4.33. The fourth-order valence-electron chi connectivity index (χ4n) is 3.33. The Morgan fingerprint density at radius 1 is 1.17 bits per heavy atom. The van der Waals surface area contributed by atoms with Gasteiger partial charge in [-0.15, -0.1) is 11.3 Å². The van der Waals surface area contributed by atoms with Gasteiger partial charge in [0.25, 0.3) is 5.91 Å². The minimum absolute atomic E-state index is 0.104. The highest BCUT2D eigenvalue weighted by Crippen LogP contribution is 2.33. The molecule has 1 aromatic carbocycles. The fourth-order valence-corrected chi connectivity index (χ4v) is 4.90. The second-order valence-electron chi connectivity index (χ2n) is 8.12. The zero-order valence-electron chi connectivity index (χ0n) is 16.7. The van der Waals surface area contributed by atoms with E-state index in [0.29, 0.717) is 18.8 Å². The summed E-state index contributed by atoms with van der Waals surface area (Å²) < 4.78 is 9.55. The number of amides is 1. The molecule has 0 aliphatic rings. The van der Waals surface area contributed by atoms with Crippen LogP contribution in [0.3, 0.4) is 0 Å². The summed E-state index contributed by atoms with van der Waals surface area (Å²) in [5.74, 6) is 0.631. The van der Waals surface area contributed by atoms with Crippen molar-refractivity contribution in [3.63, 3.8) is 0 Å². The van der Waals surface area contributed by atoms with Gasteiger partial charge in [0.2, 0.25) is 0 Å². The standard InChI is InChI=1S/C23H23BrN2O2S/c1-23(2,3)16-8-6-15(7-9-16)14-26-18-12-21(24)29-20(18)11-19(26)22(27)25-13-17-5-4-10-28-17/h4-12H,13-14H2,1-3H3,(H,25,27). The molecule has 0 saturated heterocycles. The van der Waals surface area contributed by atoms with E-state index < -0.39 is 0 Å². The normalized spacial score (nSPS) is 11.9. The van der Waals surface area contributed by atoms with Crippen molar-refractivity contribution in [1.82, 2.24) is 9.88 Å². The molecule has 0 bridgehead atoms. The Kier molecular flexibility index (Phi) is 5.40. The maximum atomic E-state index is 12.9. The molecule has 0 aliphatic heterocycles. The maximum absolute atomic E-state index is 12.9. The molecular weight excluding hydrogens is 448 g/mol. The van der Waals surface area contributed by atoms with Crippen LogP contribution in [0.25, 0.3) is 10.2 Å². The minimum atomic E-state index is -0.104. The molecule has 4 rings (SSSR count). The van der Waals surface area contributed by atoms with Crippen LogP contribution in [0.15, 0.2) is 63.0 Å². The Bertz CT molecular complexity index is 1130. The number of thiophene rings is 1. The van der Waals surface area contributed by atoms with E-state index in [2.05, 4.69) is 76.9 Å². The number of aromatic nitrogens is 1. The summed E-state index contributed by atoms with van der Waals surface area (Å²) in [7, 11) is 0. The van der Waals surface area contributed by atoms with Gasteiger partial charge in [0.15, 0.2) is 0 Å². The van der Waals surface area contributed by atoms with E-state index in [1.54, 1.807) is 17.6 Å². The van der Waals surface area contributed by atoms with Crippen LogP contribution in [0, 0.1) is 0 Å². The van der Waals surface area contributed by atoms with Gasteiger partial charge in [-0.3, -0.25) is 4.79 Å². The predicted molar refractivity (Wildman–Crippen MR) is 122 cm³/mol. The van der Waals surface area contributed by atoms with Crippen molar-refractivity contribution in [2.24, 2.45) is 0 Å². The van der Waals surface area contributed by atoms with E-state index in [0.717, 1.165) is 25.3 Å². The Balaban J connectivity index is 1.63. The zero-order valence-corrected chi connectivity index (χ0v) is 19.1. The van der Waals surface area contributed by atoms with Crippen molar-refractivity contribution < 1.29 is 9.21 Å². The van der Waals surface area contributed by atoms with Gasteiger partial charge in [0.05, 0.1) is 26.8 Å². The summed E-state index contributed by atoms with van der Waals surface area (Å²) in [5.41, 5.74) is 4.30. The Labute approximate surface area is 182 Å². The molecule has 0 saturated carbocycles. The van der Waals surface area contributed by atoms with Crippen molar-refractivity contribution in [1.29, 1.82) is 0 Å². The number of carbonyl (C=O) groups is 1. The molecule has 1 N–H and O–H groups in total. The number of halogens is 1. The molecule has 0 unspecified atom stereocenters. The monoisotopic (exact) mass is 470 g/mol. The van der Waals surface area contributed by atoms with Gasteiger partial charge in [0.1, 0.15) is 11.5 Å². The molecule has 1 amide bonds. The summed E-state index contributed by atoms with van der Waals surface area (Å²) in [6.45, 7) is 7.64. The van der Waals surface area contributed by atoms with Crippen LogP contribution < -0.4 is 5.32 Å². The molecule has 3 aromatic heterocycles. The van der Waals surface area contributed by atoms with Crippen LogP contribution in [0.5, 0.6) is 0 Å². The van der Waals surface area contributed by atoms with Crippen LogP contribution >= 0.6 is 27.3 Å². The van der Waals surface area contributed by atoms with E-state index in [4.69, 9.17) is 4.42 Å². The lowest BCUT2D eigenvalue weighted by Crippen LogP contribution is -2.25. The first-order valence-electron chi connectivity index (χ1n) is 9.50. The molecule has 0 atom stereocenters. The Hall–Kier alpha value is -2.31. The van der Waals surface area contributed by atoms with Crippen LogP contribution in [-0.2, 0) is 18.5 Å². The molecule has 150 valence electrons. The van der Waals surface area contributed by atoms with Gasteiger partial charge in [0, 0.05) is 6.54 Å². The fraction of sp³-hybridized carbons (Fsp3) is 0.261. The highest BCUT2D eigenvalue weighted by Gasteiger charge is 2.19. The SMILES string of the molecule is CC(C)(C)c1ccc(Cn2c(C(=O)NCc3ccco3)cc3sc(Br)cc32)cc1. The first-order valence-corrected chi connectivity index (χ1v) is 11.1. The first kappa shape index (κ1) is 20.0. The van der Waals surface area contributed by atoms with Crippen molar-refractivity contribution in [3.8, 4) is 0 Å². The number of hydrogen-bond donors (Lipinski definition) is 1. The number of furan rings is 1. The van der Waals surface area contributed by atoms with Crippen molar-refractivity contribution in [2.75, 3.05) is 0 Å². The largest absolute Gasteiger partial charge is 0.467 e. The highest BCUT2D eigenvalue weighted by atomic mass is 79.9. The highest BCUT2D eigenvalue weighted by molar-refractivity contribution is 9.11. The number of nitrogens with one attached hydrogen (secondary N) is 1. The first-order chi connectivity index (χ1) is 13.8. The molecule has 4 nitrogen and oxygen atoms in total. The van der Waals surface area contributed by atoms with Gasteiger partial charge in [-0.25, -0.2) is 0 Å². The molecule has 3 heterocycles. The molecule has 0 radical (unpaired) electrons. The molecule has 4 aromatic rings. The summed E-state index contributed by atoms with van der Waals surface area (Å²) in [5, 5.41) is 2.96. The van der Waals surface area contributed by atoms with Gasteiger partial charge in [-0.2, -0.15) is 0 Å². The Morgan fingerprint density at radius 3 is 2.59 bits per heavy atom. The van der Waals surface area contributed by atoms with Crippen LogP contribution in [0.4, 0.5) is 0 Å². The second kappa shape index (κ2) is 7.84. The van der Waals surface area contributed by atoms with Gasteiger partial charge >= 0.3 is 0 Å². The van der Waals surface area contributed by atoms with E-state index in [1.807, 2.05) is 18.2 Å². The van der Waals surface area contributed by atoms with Gasteiger partial charge < -0.3 is 14.3 Å². The number of fused-ring (bicyclic) bond motifs is 1. The van der Waals surface area contributed by atoms with E-state index in [1.165, 1.54) is 5.56 Å². The lowest BCUT2D eigenvalue weighted by Gasteiger charge is -2.19. The van der Waals surface area contributed by atoms with Crippen LogP contribution in [-0.4, -0.2) is 10.5 Å². The molecule has 6 heteroatoms. The third-order valence-electron chi connectivity index (χ3n) is 4.96. The topological polar surface area (TPSA) is 47.2 Å². The van der Waals surface area contributed by atoms with Crippen molar-refractivity contribution >= 4 is 43.4 Å². The summed E-state index contributed by atoms with van der Waals surface area (Å²) in [6, 6.07) is 16.4. The van der Waals surface area contributed by atoms with E-state index in [-0.39, 0.29) is 11.3 Å². The number of hydrogen-bond acceptors (Lipinski definition) is 3. The smallest absolute Gasteiger partial charge is 0.268 e. The number of benzene rings is 1. The van der Waals surface area contributed by atoms with Gasteiger partial charge in [-0.1, -0.05) is 45.0 Å². The van der Waals surface area contributed by atoms with E-state index >= 15 is 0 Å². The zero-order chi connectivity index (χ0) is 20.6.